The van der Waals surface area contributed by atoms with Gasteiger partial charge in [0, 0.05) is 0 Å². The van der Waals surface area contributed by atoms with E-state index in [0.29, 0.717) is 11.1 Å². The fraction of sp³-hybridized carbons (Fsp3) is 0.333. The van der Waals surface area contributed by atoms with Gasteiger partial charge in [-0.1, -0.05) is 24.3 Å². The minimum atomic E-state index is -0.130. The van der Waals surface area contributed by atoms with Crippen LogP contribution in [0.1, 0.15) is 33.9 Å². The lowest BCUT2D eigenvalue weighted by Crippen LogP contribution is -2.18. The average molecular weight is 287 g/mol. The first-order valence-electron chi connectivity index (χ1n) is 7.06. The highest BCUT2D eigenvalue weighted by atomic mass is 19.1. The number of hydrogen-bond acceptors (Lipinski definition) is 2. The van der Waals surface area contributed by atoms with Crippen LogP contribution in [0.15, 0.2) is 30.3 Å². The molecule has 112 valence electrons. The van der Waals surface area contributed by atoms with Crippen LogP contribution in [0, 0.1) is 26.6 Å². The molecule has 0 aliphatic rings. The molecule has 0 aliphatic heterocycles. The highest BCUT2D eigenvalue weighted by Gasteiger charge is 2.16. The molecule has 1 unspecified atom stereocenters. The van der Waals surface area contributed by atoms with Crippen LogP contribution < -0.4 is 10.1 Å². The third-order valence-electron chi connectivity index (χ3n) is 3.85. The molecule has 21 heavy (non-hydrogen) atoms. The molecule has 0 bridgehead atoms. The fourth-order valence-electron chi connectivity index (χ4n) is 2.69. The Bertz CT molecular complexity index is 629. The first-order valence-corrected chi connectivity index (χ1v) is 7.06. The van der Waals surface area contributed by atoms with Crippen LogP contribution in [-0.4, -0.2) is 14.2 Å². The van der Waals surface area contributed by atoms with Gasteiger partial charge in [-0.2, -0.15) is 0 Å². The topological polar surface area (TPSA) is 21.3 Å². The molecule has 2 nitrogen and oxygen atoms in total. The molecule has 0 aliphatic carbocycles. The molecule has 0 radical (unpaired) electrons. The molecule has 2 aromatic rings. The molecule has 0 heterocycles. The molecule has 0 saturated heterocycles. The number of rotatable bonds is 4. The molecule has 1 atom stereocenters. The summed E-state index contributed by atoms with van der Waals surface area (Å²) in [4.78, 5) is 0. The van der Waals surface area contributed by atoms with Crippen molar-refractivity contribution in [1.29, 1.82) is 0 Å². The summed E-state index contributed by atoms with van der Waals surface area (Å²) < 4.78 is 19.2. The first kappa shape index (κ1) is 15.5. The summed E-state index contributed by atoms with van der Waals surface area (Å²) in [6, 6.07) is 9.96. The maximum absolute atomic E-state index is 13.8. The second-order valence-electron chi connectivity index (χ2n) is 5.42. The van der Waals surface area contributed by atoms with Crippen molar-refractivity contribution in [2.45, 2.75) is 26.8 Å². The summed E-state index contributed by atoms with van der Waals surface area (Å²) >= 11 is 0. The second kappa shape index (κ2) is 6.27. The third kappa shape index (κ3) is 3.08. The Morgan fingerprint density at radius 2 is 1.57 bits per heavy atom. The normalized spacial score (nSPS) is 12.3. The van der Waals surface area contributed by atoms with E-state index < -0.39 is 0 Å². The van der Waals surface area contributed by atoms with E-state index in [9.17, 15) is 4.39 Å². The van der Waals surface area contributed by atoms with Crippen LogP contribution in [0.4, 0.5) is 4.39 Å². The lowest BCUT2D eigenvalue weighted by Gasteiger charge is -2.20. The predicted octanol–water partition coefficient (Wildman–Crippen LogP) is 4.07. The molecule has 0 saturated carbocycles. The Balaban J connectivity index is 2.49. The number of ether oxygens (including phenoxy) is 1. The van der Waals surface area contributed by atoms with Gasteiger partial charge in [-0.25, -0.2) is 4.39 Å². The van der Waals surface area contributed by atoms with E-state index in [0.717, 1.165) is 22.4 Å². The van der Waals surface area contributed by atoms with Crippen molar-refractivity contribution < 1.29 is 9.13 Å². The number of aryl methyl sites for hydroxylation is 3. The summed E-state index contributed by atoms with van der Waals surface area (Å²) in [5.41, 5.74) is 4.60. The van der Waals surface area contributed by atoms with Gasteiger partial charge in [-0.3, -0.25) is 0 Å². The van der Waals surface area contributed by atoms with E-state index >= 15 is 0 Å². The molecule has 0 spiro atoms. The molecular formula is C18H22FNO. The highest BCUT2D eigenvalue weighted by Crippen LogP contribution is 2.29. The molecule has 2 rings (SSSR count). The van der Waals surface area contributed by atoms with Crippen molar-refractivity contribution in [3.63, 3.8) is 0 Å². The van der Waals surface area contributed by atoms with Crippen LogP contribution in [0.2, 0.25) is 0 Å². The molecular weight excluding hydrogens is 265 g/mol. The van der Waals surface area contributed by atoms with Crippen LogP contribution in [0.25, 0.3) is 0 Å². The SMILES string of the molecule is CNC(c1cc(C)c(F)c(C)c1)c1ccc(C)c(OC)c1. The Morgan fingerprint density at radius 1 is 0.952 bits per heavy atom. The minimum absolute atomic E-state index is 0.0116. The molecule has 2 aromatic carbocycles. The van der Waals surface area contributed by atoms with Gasteiger partial charge in [0.05, 0.1) is 13.2 Å². The van der Waals surface area contributed by atoms with E-state index in [2.05, 4.69) is 11.4 Å². The Morgan fingerprint density at radius 3 is 2.10 bits per heavy atom. The standard InChI is InChI=1S/C18H22FNO/c1-11-6-7-14(10-16(11)21-5)18(20-4)15-8-12(2)17(19)13(3)9-15/h6-10,18,20H,1-5H3. The predicted molar refractivity (Wildman–Crippen MR) is 84.5 cm³/mol. The van der Waals surface area contributed by atoms with E-state index in [1.54, 1.807) is 21.0 Å². The van der Waals surface area contributed by atoms with E-state index in [-0.39, 0.29) is 11.9 Å². The van der Waals surface area contributed by atoms with Gasteiger partial charge < -0.3 is 10.1 Å². The summed E-state index contributed by atoms with van der Waals surface area (Å²) in [7, 11) is 3.58. The highest BCUT2D eigenvalue weighted by molar-refractivity contribution is 5.43. The summed E-state index contributed by atoms with van der Waals surface area (Å²) in [6.45, 7) is 5.62. The molecule has 0 fully saturated rings. The van der Waals surface area contributed by atoms with Gasteiger partial charge in [0.1, 0.15) is 11.6 Å². The molecule has 0 amide bonds. The van der Waals surface area contributed by atoms with Crippen LogP contribution in [0.3, 0.4) is 0 Å². The fourth-order valence-corrected chi connectivity index (χ4v) is 2.69. The quantitative estimate of drug-likeness (QED) is 0.915. The van der Waals surface area contributed by atoms with Gasteiger partial charge in [-0.05, 0) is 61.7 Å². The van der Waals surface area contributed by atoms with Crippen molar-refractivity contribution >= 4 is 0 Å². The van der Waals surface area contributed by atoms with Crippen LogP contribution in [-0.2, 0) is 0 Å². The zero-order valence-electron chi connectivity index (χ0n) is 13.3. The van der Waals surface area contributed by atoms with E-state index in [1.165, 1.54) is 0 Å². The summed E-state index contributed by atoms with van der Waals surface area (Å²) in [5.74, 6) is 0.735. The van der Waals surface area contributed by atoms with Gasteiger partial charge in [0.15, 0.2) is 0 Å². The maximum Gasteiger partial charge on any atom is 0.129 e. The number of nitrogens with one attached hydrogen (secondary N) is 1. The van der Waals surface area contributed by atoms with Gasteiger partial charge in [0.2, 0.25) is 0 Å². The average Bonchev–Trinajstić information content (AvgIpc) is 2.47. The summed E-state index contributed by atoms with van der Waals surface area (Å²) in [6.07, 6.45) is 0. The second-order valence-corrected chi connectivity index (χ2v) is 5.42. The van der Waals surface area contributed by atoms with Crippen LogP contribution in [0.5, 0.6) is 5.75 Å². The van der Waals surface area contributed by atoms with Crippen LogP contribution >= 0.6 is 0 Å². The zero-order valence-corrected chi connectivity index (χ0v) is 13.3. The molecule has 1 N–H and O–H groups in total. The van der Waals surface area contributed by atoms with Gasteiger partial charge >= 0.3 is 0 Å². The first-order chi connectivity index (χ1) is 9.97. The Labute approximate surface area is 126 Å². The largest absolute Gasteiger partial charge is 0.496 e. The molecule has 0 aromatic heterocycles. The van der Waals surface area contributed by atoms with Gasteiger partial charge in [-0.15, -0.1) is 0 Å². The van der Waals surface area contributed by atoms with Crippen molar-refractivity contribution in [3.05, 3.63) is 64.0 Å². The minimum Gasteiger partial charge on any atom is -0.496 e. The third-order valence-corrected chi connectivity index (χ3v) is 3.85. The monoisotopic (exact) mass is 287 g/mol. The van der Waals surface area contributed by atoms with E-state index in [1.807, 2.05) is 38.2 Å². The number of benzene rings is 2. The number of methoxy groups -OCH3 is 1. The smallest absolute Gasteiger partial charge is 0.129 e. The Kier molecular flexibility index (Phi) is 4.63. The summed E-state index contributed by atoms with van der Waals surface area (Å²) in [5, 5.41) is 3.30. The van der Waals surface area contributed by atoms with E-state index in [4.69, 9.17) is 4.74 Å². The zero-order chi connectivity index (χ0) is 15.6. The van der Waals surface area contributed by atoms with Crippen molar-refractivity contribution in [2.24, 2.45) is 0 Å². The lowest BCUT2D eigenvalue weighted by atomic mass is 9.94. The number of hydrogen-bond donors (Lipinski definition) is 1. The Hall–Kier alpha value is -1.87. The van der Waals surface area contributed by atoms with Crippen molar-refractivity contribution in [1.82, 2.24) is 5.32 Å². The number of halogens is 1. The lowest BCUT2D eigenvalue weighted by molar-refractivity contribution is 0.410. The van der Waals surface area contributed by atoms with Crippen molar-refractivity contribution in [2.75, 3.05) is 14.2 Å². The maximum atomic E-state index is 13.8. The molecule has 3 heteroatoms. The van der Waals surface area contributed by atoms with Gasteiger partial charge in [0.25, 0.3) is 0 Å². The van der Waals surface area contributed by atoms with Crippen molar-refractivity contribution in [3.8, 4) is 5.75 Å².